The average molecular weight is 432 g/mol. The van der Waals surface area contributed by atoms with Crippen LogP contribution in [0.2, 0.25) is 0 Å². The van der Waals surface area contributed by atoms with E-state index >= 15 is 0 Å². The molecule has 1 heterocycles. The third kappa shape index (κ3) is 7.01. The van der Waals surface area contributed by atoms with Crippen molar-refractivity contribution < 1.29 is 9.53 Å². The molecule has 0 saturated carbocycles. The molecule has 5 nitrogen and oxygen atoms in total. The van der Waals surface area contributed by atoms with Gasteiger partial charge in [0.15, 0.2) is 0 Å². The number of nitrogens with one attached hydrogen (secondary N) is 1. The predicted octanol–water partition coefficient (Wildman–Crippen LogP) is 3.23. The van der Waals surface area contributed by atoms with Gasteiger partial charge in [0.2, 0.25) is 5.91 Å². The Morgan fingerprint density at radius 1 is 1.13 bits per heavy atom. The number of benzene rings is 2. The van der Waals surface area contributed by atoms with Gasteiger partial charge in [0, 0.05) is 25.6 Å². The molecule has 164 valence electrons. The quantitative estimate of drug-likeness (QED) is 0.639. The lowest BCUT2D eigenvalue weighted by atomic mass is 9.89. The summed E-state index contributed by atoms with van der Waals surface area (Å²) in [5, 5.41) is 3.05. The Hall–Kier alpha value is -2.08. The van der Waals surface area contributed by atoms with Crippen LogP contribution in [0.25, 0.3) is 0 Å². The Labute approximate surface area is 186 Å². The fourth-order valence-electron chi connectivity index (χ4n) is 4.02. The van der Waals surface area contributed by atoms with Crippen LogP contribution in [-0.2, 0) is 11.2 Å². The molecule has 3 N–H and O–H groups in total. The number of ether oxygens (including phenoxy) is 1. The maximum Gasteiger partial charge on any atom is 0.234 e. The molecule has 1 fully saturated rings. The van der Waals surface area contributed by atoms with E-state index in [9.17, 15) is 4.79 Å². The third-order valence-electron chi connectivity index (χ3n) is 5.45. The van der Waals surface area contributed by atoms with Crippen molar-refractivity contribution in [3.63, 3.8) is 0 Å². The monoisotopic (exact) mass is 431 g/mol. The summed E-state index contributed by atoms with van der Waals surface area (Å²) < 4.78 is 5.66. The largest absolute Gasteiger partial charge is 0.491 e. The third-order valence-corrected chi connectivity index (χ3v) is 5.45. The molecule has 30 heavy (non-hydrogen) atoms. The van der Waals surface area contributed by atoms with Crippen LogP contribution < -0.4 is 15.8 Å². The first-order chi connectivity index (χ1) is 14.0. The summed E-state index contributed by atoms with van der Waals surface area (Å²) in [7, 11) is 0. The molecule has 0 spiro atoms. The molecule has 0 bridgehead atoms. The number of halogens is 1. The molecule has 1 saturated heterocycles. The Balaban J connectivity index is 0.00000320. The molecule has 0 unspecified atom stereocenters. The van der Waals surface area contributed by atoms with Crippen LogP contribution in [0.5, 0.6) is 5.75 Å². The Bertz CT molecular complexity index is 768. The number of rotatable bonds is 9. The van der Waals surface area contributed by atoms with Crippen molar-refractivity contribution in [1.29, 1.82) is 0 Å². The summed E-state index contributed by atoms with van der Waals surface area (Å²) in [6, 6.07) is 18.6. The number of carbonyl (C=O) groups is 1. The molecule has 2 aromatic carbocycles. The Kier molecular flexibility index (Phi) is 9.63. The van der Waals surface area contributed by atoms with E-state index in [0.29, 0.717) is 31.5 Å². The van der Waals surface area contributed by atoms with Crippen LogP contribution in [-0.4, -0.2) is 49.6 Å². The second-order valence-electron chi connectivity index (χ2n) is 8.12. The SMILES string of the molecule is CC(C)Oc1ccc(CCNC(=O)CN2C[C@@H](CN)[C@H](c3ccccc3)C2)cc1.Cl. The first-order valence-electron chi connectivity index (χ1n) is 10.5. The highest BCUT2D eigenvalue weighted by atomic mass is 35.5. The van der Waals surface area contributed by atoms with Gasteiger partial charge < -0.3 is 15.8 Å². The van der Waals surface area contributed by atoms with Crippen LogP contribution in [0.15, 0.2) is 54.6 Å². The predicted molar refractivity (Wildman–Crippen MR) is 124 cm³/mol. The number of amides is 1. The van der Waals surface area contributed by atoms with Gasteiger partial charge in [-0.3, -0.25) is 9.69 Å². The molecule has 2 atom stereocenters. The second-order valence-corrected chi connectivity index (χ2v) is 8.12. The molecule has 6 heteroatoms. The molecule has 2 aromatic rings. The molecular weight excluding hydrogens is 398 g/mol. The lowest BCUT2D eigenvalue weighted by molar-refractivity contribution is -0.122. The Morgan fingerprint density at radius 2 is 1.83 bits per heavy atom. The molecule has 1 amide bonds. The summed E-state index contributed by atoms with van der Waals surface area (Å²) in [6.07, 6.45) is 0.984. The van der Waals surface area contributed by atoms with Crippen LogP contribution in [0.4, 0.5) is 0 Å². The van der Waals surface area contributed by atoms with E-state index in [2.05, 4.69) is 46.6 Å². The van der Waals surface area contributed by atoms with Crippen molar-refractivity contribution in [2.24, 2.45) is 11.7 Å². The number of nitrogens with two attached hydrogens (primary N) is 1. The maximum atomic E-state index is 12.4. The molecule has 0 aliphatic carbocycles. The van der Waals surface area contributed by atoms with Gasteiger partial charge in [-0.1, -0.05) is 42.5 Å². The lowest BCUT2D eigenvalue weighted by Crippen LogP contribution is -2.37. The summed E-state index contributed by atoms with van der Waals surface area (Å²) >= 11 is 0. The van der Waals surface area contributed by atoms with Crippen molar-refractivity contribution >= 4 is 18.3 Å². The lowest BCUT2D eigenvalue weighted by Gasteiger charge is -2.16. The zero-order valence-electron chi connectivity index (χ0n) is 17.9. The number of likely N-dealkylation sites (tertiary alicyclic amines) is 1. The van der Waals surface area contributed by atoms with E-state index in [1.54, 1.807) is 0 Å². The van der Waals surface area contributed by atoms with Crippen LogP contribution in [0.3, 0.4) is 0 Å². The fourth-order valence-corrected chi connectivity index (χ4v) is 4.02. The molecule has 0 radical (unpaired) electrons. The summed E-state index contributed by atoms with van der Waals surface area (Å²) in [5.41, 5.74) is 8.51. The van der Waals surface area contributed by atoms with Gasteiger partial charge in [-0.25, -0.2) is 0 Å². The second kappa shape index (κ2) is 11.9. The van der Waals surface area contributed by atoms with Crippen molar-refractivity contribution in [2.75, 3.05) is 32.7 Å². The van der Waals surface area contributed by atoms with E-state index in [-0.39, 0.29) is 24.4 Å². The van der Waals surface area contributed by atoms with Crippen LogP contribution in [0, 0.1) is 5.92 Å². The highest BCUT2D eigenvalue weighted by molar-refractivity contribution is 5.85. The van der Waals surface area contributed by atoms with E-state index in [1.807, 2.05) is 32.0 Å². The molecular formula is C24H34ClN3O2. The van der Waals surface area contributed by atoms with Gasteiger partial charge in [-0.15, -0.1) is 12.4 Å². The van der Waals surface area contributed by atoms with Crippen LogP contribution in [0.1, 0.15) is 30.9 Å². The van der Waals surface area contributed by atoms with Gasteiger partial charge >= 0.3 is 0 Å². The Morgan fingerprint density at radius 3 is 2.47 bits per heavy atom. The number of hydrogen-bond donors (Lipinski definition) is 2. The summed E-state index contributed by atoms with van der Waals surface area (Å²) in [5.74, 6) is 1.76. The average Bonchev–Trinajstić information content (AvgIpc) is 3.12. The minimum Gasteiger partial charge on any atom is -0.491 e. The molecule has 3 rings (SSSR count). The normalized spacial score (nSPS) is 18.8. The van der Waals surface area contributed by atoms with Crippen molar-refractivity contribution in [1.82, 2.24) is 10.2 Å². The van der Waals surface area contributed by atoms with Crippen molar-refractivity contribution in [3.05, 3.63) is 65.7 Å². The standard InChI is InChI=1S/C24H33N3O2.ClH/c1-18(2)29-22-10-8-19(9-11-22)12-13-26-24(28)17-27-15-21(14-25)23(16-27)20-6-4-3-5-7-20;/h3-11,18,21,23H,12-17,25H2,1-2H3,(H,26,28);1H/t21-,23+;/m1./s1. The topological polar surface area (TPSA) is 67.6 Å². The molecule has 0 aromatic heterocycles. The fraction of sp³-hybridized carbons (Fsp3) is 0.458. The highest BCUT2D eigenvalue weighted by Crippen LogP contribution is 2.31. The van der Waals surface area contributed by atoms with E-state index in [0.717, 1.165) is 25.3 Å². The number of nitrogens with zero attached hydrogens (tertiary/aromatic N) is 1. The van der Waals surface area contributed by atoms with Gasteiger partial charge in [0.1, 0.15) is 5.75 Å². The number of carbonyl (C=O) groups excluding carboxylic acids is 1. The van der Waals surface area contributed by atoms with E-state index in [1.165, 1.54) is 11.1 Å². The summed E-state index contributed by atoms with van der Waals surface area (Å²) in [6.45, 7) is 7.51. The van der Waals surface area contributed by atoms with Crippen molar-refractivity contribution in [3.8, 4) is 5.75 Å². The van der Waals surface area contributed by atoms with E-state index < -0.39 is 0 Å². The first kappa shape index (κ1) is 24.2. The molecule has 1 aliphatic heterocycles. The van der Waals surface area contributed by atoms with Crippen molar-refractivity contribution in [2.45, 2.75) is 32.3 Å². The minimum atomic E-state index is 0. The van der Waals surface area contributed by atoms with Gasteiger partial charge in [0.05, 0.1) is 12.6 Å². The van der Waals surface area contributed by atoms with E-state index in [4.69, 9.17) is 10.5 Å². The van der Waals surface area contributed by atoms with Gasteiger partial charge in [0.25, 0.3) is 0 Å². The van der Waals surface area contributed by atoms with Crippen LogP contribution >= 0.6 is 12.4 Å². The summed E-state index contributed by atoms with van der Waals surface area (Å²) in [4.78, 5) is 14.6. The minimum absolute atomic E-state index is 0. The number of hydrogen-bond acceptors (Lipinski definition) is 4. The maximum absolute atomic E-state index is 12.4. The smallest absolute Gasteiger partial charge is 0.234 e. The highest BCUT2D eigenvalue weighted by Gasteiger charge is 2.33. The zero-order valence-corrected chi connectivity index (χ0v) is 18.7. The first-order valence-corrected chi connectivity index (χ1v) is 10.5. The molecule has 1 aliphatic rings. The zero-order chi connectivity index (χ0) is 20.6. The van der Waals surface area contributed by atoms with Gasteiger partial charge in [-0.05, 0) is 56.0 Å². The van der Waals surface area contributed by atoms with Gasteiger partial charge in [-0.2, -0.15) is 0 Å².